The van der Waals surface area contributed by atoms with Crippen LogP contribution in [0, 0.1) is 0 Å². The van der Waals surface area contributed by atoms with Crippen molar-refractivity contribution < 1.29 is 18.7 Å². The van der Waals surface area contributed by atoms with E-state index in [4.69, 9.17) is 26.5 Å². The lowest BCUT2D eigenvalue weighted by molar-refractivity contribution is -0.152. The second-order valence-electron chi connectivity index (χ2n) is 10.1. The van der Waals surface area contributed by atoms with Crippen LogP contribution in [0.4, 0.5) is 0 Å². The molecule has 4 aromatic carbocycles. The summed E-state index contributed by atoms with van der Waals surface area (Å²) in [7, 11) is 0. The summed E-state index contributed by atoms with van der Waals surface area (Å²) in [4.78, 5) is 30.4. The topological polar surface area (TPSA) is 85.8 Å². The molecule has 2 N–H and O–H groups in total. The number of furan rings is 1. The number of rotatable bonds is 7. The molecule has 7 rings (SSSR count). The molecule has 1 fully saturated rings. The first-order valence-electron chi connectivity index (χ1n) is 13.5. The number of thioether (sulfide) groups is 2. The first-order chi connectivity index (χ1) is 20.5. The second kappa shape index (κ2) is 11.2. The monoisotopic (exact) mass is 612 g/mol. The quantitative estimate of drug-likeness (QED) is 0.118. The van der Waals surface area contributed by atoms with Gasteiger partial charge in [0.25, 0.3) is 0 Å². The second-order valence-corrected chi connectivity index (χ2v) is 12.6. The first kappa shape index (κ1) is 27.2. The summed E-state index contributed by atoms with van der Waals surface area (Å²) in [5.41, 5.74) is 10.5. The molecule has 6 nitrogen and oxygen atoms in total. The number of carbonyl (C=O) groups is 2. The van der Waals surface area contributed by atoms with Crippen LogP contribution in [0.15, 0.2) is 117 Å². The van der Waals surface area contributed by atoms with E-state index in [1.165, 1.54) is 16.7 Å². The predicted molar refractivity (Wildman–Crippen MR) is 168 cm³/mol. The highest BCUT2D eigenvalue weighted by Crippen LogP contribution is 2.48. The predicted octanol–water partition coefficient (Wildman–Crippen LogP) is 7.20. The third-order valence-corrected chi connectivity index (χ3v) is 10.5. The van der Waals surface area contributed by atoms with E-state index in [1.54, 1.807) is 11.8 Å². The van der Waals surface area contributed by atoms with E-state index < -0.39 is 18.1 Å². The number of ether oxygens (including phenoxy) is 1. The van der Waals surface area contributed by atoms with E-state index in [0.717, 1.165) is 48.4 Å². The summed E-state index contributed by atoms with van der Waals surface area (Å²) in [6.45, 7) is 0. The van der Waals surface area contributed by atoms with Crippen molar-refractivity contribution in [1.29, 1.82) is 0 Å². The molecule has 2 aliphatic heterocycles. The van der Waals surface area contributed by atoms with Gasteiger partial charge in [-0.25, -0.2) is 4.79 Å². The van der Waals surface area contributed by atoms with E-state index in [-0.39, 0.29) is 17.0 Å². The highest BCUT2D eigenvalue weighted by molar-refractivity contribution is 8.06. The largest absolute Gasteiger partial charge is 0.456 e. The van der Waals surface area contributed by atoms with Crippen molar-refractivity contribution in [3.63, 3.8) is 0 Å². The fraction of sp³-hybridized carbons (Fsp3) is 0.152. The minimum atomic E-state index is -0.654. The van der Waals surface area contributed by atoms with Gasteiger partial charge < -0.3 is 14.9 Å². The average molecular weight is 613 g/mol. The summed E-state index contributed by atoms with van der Waals surface area (Å²) in [6, 6.07) is 30.3. The minimum Gasteiger partial charge on any atom is -0.456 e. The molecule has 1 amide bonds. The van der Waals surface area contributed by atoms with Crippen molar-refractivity contribution in [2.75, 3.05) is 5.75 Å². The number of alkyl halides is 1. The van der Waals surface area contributed by atoms with Crippen LogP contribution in [0.25, 0.3) is 21.9 Å². The maximum Gasteiger partial charge on any atom is 0.356 e. The van der Waals surface area contributed by atoms with Crippen molar-refractivity contribution >= 4 is 68.9 Å². The third-order valence-electron chi connectivity index (χ3n) is 7.54. The van der Waals surface area contributed by atoms with Crippen LogP contribution in [0.2, 0.25) is 0 Å². The zero-order valence-corrected chi connectivity index (χ0v) is 24.6. The number of β-lactam (4-membered cyclic amide) rings is 1. The smallest absolute Gasteiger partial charge is 0.356 e. The van der Waals surface area contributed by atoms with Gasteiger partial charge in [-0.15, -0.1) is 23.4 Å². The van der Waals surface area contributed by atoms with Crippen LogP contribution < -0.4 is 5.73 Å². The van der Waals surface area contributed by atoms with E-state index >= 15 is 0 Å². The number of benzene rings is 4. The van der Waals surface area contributed by atoms with Crippen LogP contribution in [-0.2, 0) is 20.2 Å². The van der Waals surface area contributed by atoms with Crippen molar-refractivity contribution in [1.82, 2.24) is 4.90 Å². The molecular formula is C33H25ClN2O4S2. The van der Waals surface area contributed by atoms with Crippen molar-refractivity contribution in [3.05, 3.63) is 124 Å². The van der Waals surface area contributed by atoms with Crippen molar-refractivity contribution in [3.8, 4) is 0 Å². The Labute approximate surface area is 255 Å². The fourth-order valence-electron chi connectivity index (χ4n) is 5.50. The molecule has 0 saturated carbocycles. The molecule has 1 saturated heterocycles. The highest BCUT2D eigenvalue weighted by Gasteiger charge is 2.52. The summed E-state index contributed by atoms with van der Waals surface area (Å²) < 4.78 is 12.5. The Morgan fingerprint density at radius 2 is 1.69 bits per heavy atom. The van der Waals surface area contributed by atoms with E-state index in [1.807, 2.05) is 97.1 Å². The molecule has 0 radical (unpaired) electrons. The molecule has 9 heteroatoms. The lowest BCUT2D eigenvalue weighted by Crippen LogP contribution is -2.68. The Bertz CT molecular complexity index is 1820. The van der Waals surface area contributed by atoms with Gasteiger partial charge >= 0.3 is 5.97 Å². The summed E-state index contributed by atoms with van der Waals surface area (Å²) in [6.07, 6.45) is -0.646. The van der Waals surface area contributed by atoms with Gasteiger partial charge in [0, 0.05) is 31.9 Å². The molecule has 5 aromatic rings. The number of fused-ring (bicyclic) bond motifs is 4. The number of hydrogen-bond acceptors (Lipinski definition) is 7. The van der Waals surface area contributed by atoms with Crippen LogP contribution in [0.3, 0.4) is 0 Å². The standard InChI is InChI=1S/C33H25ClN2O4S2/c34-17-21-13-7-14-22-26-23(39-30(21)22)15-8-16-24(26)42-25-18-41-32-27(35)31(37)36(32)28(25)33(38)40-29(19-9-3-1-4-10-19)20-11-5-2-6-12-20/h1-16,27,29,32H,17-18,35H2/t27-,32-/m1/s1. The number of esters is 1. The Morgan fingerprint density at radius 3 is 2.38 bits per heavy atom. The van der Waals surface area contributed by atoms with Gasteiger partial charge in [-0.3, -0.25) is 9.69 Å². The lowest BCUT2D eigenvalue weighted by atomic mass is 10.0. The van der Waals surface area contributed by atoms with Gasteiger partial charge in [-0.1, -0.05) is 96.7 Å². The van der Waals surface area contributed by atoms with E-state index in [9.17, 15) is 9.59 Å². The molecule has 1 aromatic heterocycles. The number of carbonyl (C=O) groups excluding carboxylic acids is 2. The lowest BCUT2D eigenvalue weighted by Gasteiger charge is -2.48. The van der Waals surface area contributed by atoms with Crippen LogP contribution >= 0.6 is 35.1 Å². The summed E-state index contributed by atoms with van der Waals surface area (Å²) in [5, 5.41) is 1.58. The van der Waals surface area contributed by atoms with Gasteiger partial charge in [0.2, 0.25) is 5.91 Å². The number of nitrogens with two attached hydrogens (primary N) is 1. The molecule has 2 aliphatic rings. The number of nitrogens with zero attached hydrogens (tertiary/aromatic N) is 1. The first-order valence-corrected chi connectivity index (χ1v) is 15.9. The van der Waals surface area contributed by atoms with Crippen LogP contribution in [0.5, 0.6) is 0 Å². The van der Waals surface area contributed by atoms with E-state index in [2.05, 4.69) is 0 Å². The number of amides is 1. The minimum absolute atomic E-state index is 0.249. The SMILES string of the molecule is N[C@@H]1C(=O)N2C(C(=O)OC(c3ccccc3)c3ccccc3)=C(Sc3cccc4oc5c(CCl)cccc5c34)CS[C@H]12. The molecule has 0 aliphatic carbocycles. The fourth-order valence-corrected chi connectivity index (χ4v) is 8.29. The molecule has 2 atom stereocenters. The Balaban J connectivity index is 1.32. The molecule has 42 heavy (non-hydrogen) atoms. The average Bonchev–Trinajstić information content (AvgIpc) is 3.43. The molecular weight excluding hydrogens is 588 g/mol. The summed E-state index contributed by atoms with van der Waals surface area (Å²) in [5.74, 6) is -0.000909. The van der Waals surface area contributed by atoms with Gasteiger partial charge in [0.15, 0.2) is 6.10 Å². The van der Waals surface area contributed by atoms with E-state index in [0.29, 0.717) is 11.6 Å². The number of para-hydroxylation sites is 1. The van der Waals surface area contributed by atoms with Crippen LogP contribution in [-0.4, -0.2) is 33.9 Å². The van der Waals surface area contributed by atoms with Gasteiger partial charge in [0.05, 0.1) is 5.88 Å². The molecule has 210 valence electrons. The molecule has 0 spiro atoms. The van der Waals surface area contributed by atoms with Crippen LogP contribution in [0.1, 0.15) is 22.8 Å². The maximum absolute atomic E-state index is 14.1. The van der Waals surface area contributed by atoms with Crippen molar-refractivity contribution in [2.24, 2.45) is 5.73 Å². The molecule has 0 bridgehead atoms. The Morgan fingerprint density at radius 1 is 1.00 bits per heavy atom. The highest BCUT2D eigenvalue weighted by atomic mass is 35.5. The molecule has 3 heterocycles. The number of hydrogen-bond donors (Lipinski definition) is 1. The zero-order chi connectivity index (χ0) is 28.8. The van der Waals surface area contributed by atoms with Gasteiger partial charge in [-0.2, -0.15) is 0 Å². The molecule has 0 unspecified atom stereocenters. The number of halogens is 1. The third kappa shape index (κ3) is 4.59. The normalized spacial score (nSPS) is 18.5. The summed E-state index contributed by atoms with van der Waals surface area (Å²) >= 11 is 9.21. The maximum atomic E-state index is 14.1. The van der Waals surface area contributed by atoms with Crippen molar-refractivity contribution in [2.45, 2.75) is 28.3 Å². The Kier molecular flexibility index (Phi) is 7.23. The van der Waals surface area contributed by atoms with Gasteiger partial charge in [-0.05, 0) is 23.3 Å². The van der Waals surface area contributed by atoms with Gasteiger partial charge in [0.1, 0.15) is 28.3 Å². The Hall–Kier alpha value is -3.69. The zero-order valence-electron chi connectivity index (χ0n) is 22.2.